The minimum atomic E-state index is -0.442. The molecule has 0 saturated heterocycles. The highest BCUT2D eigenvalue weighted by Gasteiger charge is 2.11. The maximum atomic E-state index is 9.91. The van der Waals surface area contributed by atoms with Gasteiger partial charge in [0.05, 0.1) is 6.10 Å². The van der Waals surface area contributed by atoms with Gasteiger partial charge in [0, 0.05) is 0 Å². The van der Waals surface area contributed by atoms with Crippen LogP contribution in [0.4, 0.5) is 0 Å². The summed E-state index contributed by atoms with van der Waals surface area (Å²) in [5.74, 6) is 0.206. The van der Waals surface area contributed by atoms with Crippen molar-refractivity contribution in [3.8, 4) is 0 Å². The molecule has 0 heterocycles. The van der Waals surface area contributed by atoms with Crippen LogP contribution in [0.1, 0.15) is 19.4 Å². The van der Waals surface area contributed by atoms with Crippen molar-refractivity contribution >= 4 is 6.08 Å². The molecule has 1 N–H and O–H groups in total. The standard InChI is InChI=1S/C14H18O/c1-4-13(14(15)11(2)3)10-12-8-6-5-7-9-12/h4-11,14-15H,1H2,2-3H3/b13-10+/t14-/m0/s1. The summed E-state index contributed by atoms with van der Waals surface area (Å²) in [6, 6.07) is 9.96. The van der Waals surface area contributed by atoms with Gasteiger partial charge in [0.15, 0.2) is 0 Å². The first-order valence-corrected chi connectivity index (χ1v) is 5.22. The molecule has 1 nitrogen and oxygen atoms in total. The van der Waals surface area contributed by atoms with Crippen LogP contribution in [0.3, 0.4) is 0 Å². The van der Waals surface area contributed by atoms with Crippen molar-refractivity contribution in [2.45, 2.75) is 20.0 Å². The van der Waals surface area contributed by atoms with Crippen molar-refractivity contribution in [1.29, 1.82) is 0 Å². The molecule has 80 valence electrons. The normalized spacial score (nSPS) is 14.0. The van der Waals surface area contributed by atoms with E-state index in [9.17, 15) is 5.11 Å². The number of hydrogen-bond acceptors (Lipinski definition) is 1. The summed E-state index contributed by atoms with van der Waals surface area (Å²) < 4.78 is 0. The molecule has 0 aliphatic rings. The van der Waals surface area contributed by atoms with Crippen LogP contribution in [-0.2, 0) is 0 Å². The third kappa shape index (κ3) is 3.37. The Morgan fingerprint density at radius 3 is 2.33 bits per heavy atom. The summed E-state index contributed by atoms with van der Waals surface area (Å²) in [5.41, 5.74) is 1.96. The number of hydrogen-bond donors (Lipinski definition) is 1. The van der Waals surface area contributed by atoms with E-state index in [-0.39, 0.29) is 5.92 Å². The molecule has 0 radical (unpaired) electrons. The van der Waals surface area contributed by atoms with E-state index in [0.717, 1.165) is 11.1 Å². The van der Waals surface area contributed by atoms with Gasteiger partial charge >= 0.3 is 0 Å². The molecule has 0 saturated carbocycles. The molecule has 0 fully saturated rings. The molecule has 0 aliphatic carbocycles. The summed E-state index contributed by atoms with van der Waals surface area (Å²) in [6.45, 7) is 7.72. The summed E-state index contributed by atoms with van der Waals surface area (Å²) in [7, 11) is 0. The lowest BCUT2D eigenvalue weighted by molar-refractivity contribution is 0.165. The molecule has 0 spiro atoms. The van der Waals surface area contributed by atoms with Crippen molar-refractivity contribution in [2.75, 3.05) is 0 Å². The Bertz CT molecular complexity index is 336. The largest absolute Gasteiger partial charge is 0.388 e. The summed E-state index contributed by atoms with van der Waals surface area (Å²) in [6.07, 6.45) is 3.25. The molecule has 1 atom stereocenters. The minimum absolute atomic E-state index is 0.206. The third-order valence-corrected chi connectivity index (χ3v) is 2.34. The van der Waals surface area contributed by atoms with Crippen molar-refractivity contribution in [2.24, 2.45) is 5.92 Å². The van der Waals surface area contributed by atoms with Gasteiger partial charge in [0.25, 0.3) is 0 Å². The van der Waals surface area contributed by atoms with Crippen LogP contribution < -0.4 is 0 Å². The second-order valence-electron chi connectivity index (χ2n) is 3.95. The van der Waals surface area contributed by atoms with Crippen LogP contribution in [0.2, 0.25) is 0 Å². The smallest absolute Gasteiger partial charge is 0.0812 e. The first-order valence-electron chi connectivity index (χ1n) is 5.22. The monoisotopic (exact) mass is 202 g/mol. The lowest BCUT2D eigenvalue weighted by atomic mass is 9.97. The molecule has 0 unspecified atom stereocenters. The van der Waals surface area contributed by atoms with Crippen LogP contribution in [0, 0.1) is 5.92 Å². The van der Waals surface area contributed by atoms with Gasteiger partial charge in [0.2, 0.25) is 0 Å². The van der Waals surface area contributed by atoms with Gasteiger partial charge in [-0.05, 0) is 23.1 Å². The third-order valence-electron chi connectivity index (χ3n) is 2.34. The number of aliphatic hydroxyl groups excluding tert-OH is 1. The van der Waals surface area contributed by atoms with Crippen molar-refractivity contribution in [1.82, 2.24) is 0 Å². The summed E-state index contributed by atoms with van der Waals surface area (Å²) >= 11 is 0. The highest BCUT2D eigenvalue weighted by Crippen LogP contribution is 2.16. The average molecular weight is 202 g/mol. The Morgan fingerprint density at radius 2 is 1.87 bits per heavy atom. The van der Waals surface area contributed by atoms with Gasteiger partial charge < -0.3 is 5.11 Å². The lowest BCUT2D eigenvalue weighted by Gasteiger charge is -2.15. The highest BCUT2D eigenvalue weighted by molar-refractivity contribution is 5.56. The predicted octanol–water partition coefficient (Wildman–Crippen LogP) is 3.27. The van der Waals surface area contributed by atoms with Crippen LogP contribution in [0.5, 0.6) is 0 Å². The quantitative estimate of drug-likeness (QED) is 0.743. The average Bonchev–Trinajstić information content (AvgIpc) is 2.26. The zero-order valence-corrected chi connectivity index (χ0v) is 9.35. The van der Waals surface area contributed by atoms with E-state index in [1.807, 2.05) is 50.3 Å². The lowest BCUT2D eigenvalue weighted by Crippen LogP contribution is -2.16. The van der Waals surface area contributed by atoms with E-state index in [0.29, 0.717) is 0 Å². The van der Waals surface area contributed by atoms with Gasteiger partial charge in [-0.3, -0.25) is 0 Å². The Hall–Kier alpha value is -1.34. The summed E-state index contributed by atoms with van der Waals surface area (Å²) in [4.78, 5) is 0. The van der Waals surface area contributed by atoms with Crippen LogP contribution in [-0.4, -0.2) is 11.2 Å². The SMILES string of the molecule is C=C/C(=C\c1ccccc1)[C@@H](O)C(C)C. The van der Waals surface area contributed by atoms with Gasteiger partial charge in [-0.2, -0.15) is 0 Å². The van der Waals surface area contributed by atoms with Crippen LogP contribution in [0.25, 0.3) is 6.08 Å². The molecular formula is C14H18O. The number of benzene rings is 1. The Morgan fingerprint density at radius 1 is 1.27 bits per heavy atom. The fourth-order valence-corrected chi connectivity index (χ4v) is 1.39. The van der Waals surface area contributed by atoms with Gasteiger partial charge in [0.1, 0.15) is 0 Å². The minimum Gasteiger partial charge on any atom is -0.388 e. The molecule has 15 heavy (non-hydrogen) atoms. The van der Waals surface area contributed by atoms with Gasteiger partial charge in [-0.25, -0.2) is 0 Å². The number of rotatable bonds is 4. The Balaban J connectivity index is 2.92. The fraction of sp³-hybridized carbons (Fsp3) is 0.286. The van der Waals surface area contributed by atoms with Crippen molar-refractivity contribution < 1.29 is 5.11 Å². The zero-order chi connectivity index (χ0) is 11.3. The highest BCUT2D eigenvalue weighted by atomic mass is 16.3. The van der Waals surface area contributed by atoms with E-state index in [1.165, 1.54) is 0 Å². The molecule has 0 aliphatic heterocycles. The van der Waals surface area contributed by atoms with E-state index in [4.69, 9.17) is 0 Å². The maximum Gasteiger partial charge on any atom is 0.0812 e. The maximum absolute atomic E-state index is 9.91. The van der Waals surface area contributed by atoms with E-state index >= 15 is 0 Å². The first kappa shape index (κ1) is 11.7. The molecule has 1 aromatic carbocycles. The number of aliphatic hydroxyl groups is 1. The fourth-order valence-electron chi connectivity index (χ4n) is 1.39. The van der Waals surface area contributed by atoms with Crippen molar-refractivity contribution in [3.05, 3.63) is 54.1 Å². The van der Waals surface area contributed by atoms with Crippen LogP contribution >= 0.6 is 0 Å². The first-order chi connectivity index (χ1) is 7.15. The molecule has 0 bridgehead atoms. The second kappa shape index (κ2) is 5.52. The molecule has 1 heteroatoms. The summed E-state index contributed by atoms with van der Waals surface area (Å²) in [5, 5.41) is 9.91. The molecule has 0 amide bonds. The Kier molecular flexibility index (Phi) is 4.32. The molecule has 0 aromatic heterocycles. The second-order valence-corrected chi connectivity index (χ2v) is 3.95. The van der Waals surface area contributed by atoms with Crippen molar-refractivity contribution in [3.63, 3.8) is 0 Å². The predicted molar refractivity (Wildman–Crippen MR) is 65.5 cm³/mol. The van der Waals surface area contributed by atoms with E-state index in [2.05, 4.69) is 6.58 Å². The van der Waals surface area contributed by atoms with Gasteiger partial charge in [-0.1, -0.05) is 56.8 Å². The van der Waals surface area contributed by atoms with E-state index < -0.39 is 6.10 Å². The zero-order valence-electron chi connectivity index (χ0n) is 9.35. The Labute approximate surface area is 91.8 Å². The van der Waals surface area contributed by atoms with Crippen LogP contribution in [0.15, 0.2) is 48.6 Å². The molecule has 1 rings (SSSR count). The molecule has 1 aromatic rings. The van der Waals surface area contributed by atoms with E-state index in [1.54, 1.807) is 6.08 Å². The molecular weight excluding hydrogens is 184 g/mol. The topological polar surface area (TPSA) is 20.2 Å². The van der Waals surface area contributed by atoms with Gasteiger partial charge in [-0.15, -0.1) is 0 Å².